The monoisotopic (exact) mass is 375 g/mol. The second-order valence-corrected chi connectivity index (χ2v) is 7.16. The van der Waals surface area contributed by atoms with E-state index in [9.17, 15) is 4.79 Å². The molecular formula is C24H41NO2. The molecule has 3 heteroatoms. The van der Waals surface area contributed by atoms with E-state index in [0.29, 0.717) is 0 Å². The Kier molecular flexibility index (Phi) is 18.0. The molecule has 0 fully saturated rings. The summed E-state index contributed by atoms with van der Waals surface area (Å²) in [6, 6.07) is -0.170. The van der Waals surface area contributed by atoms with Gasteiger partial charge in [0.15, 0.2) is 0 Å². The first kappa shape index (κ1) is 25.4. The fourth-order valence-electron chi connectivity index (χ4n) is 2.47. The standard InChI is InChI=1S/C24H41NO2/c1-4-5-6-7-8-9-10-11-12-13-14-15-16-17-18-19-20-22(2)24(27)25-23(3)21-26/h8-9,11-12,14-15,17-18,22-23,26H,4-7,10,13,16,19-21H2,1-3H3,(H,25,27)/t22-,23+/m1/s1. The summed E-state index contributed by atoms with van der Waals surface area (Å²) in [5.74, 6) is -0.00235. The van der Waals surface area contributed by atoms with Gasteiger partial charge in [-0.15, -0.1) is 0 Å². The molecule has 3 nitrogen and oxygen atoms in total. The largest absolute Gasteiger partial charge is 0.394 e. The van der Waals surface area contributed by atoms with Crippen LogP contribution in [0.25, 0.3) is 0 Å². The highest BCUT2D eigenvalue weighted by molar-refractivity contribution is 5.78. The first-order chi connectivity index (χ1) is 13.1. The molecule has 0 aromatic rings. The fraction of sp³-hybridized carbons (Fsp3) is 0.625. The number of unbranched alkanes of at least 4 members (excludes halogenated alkanes) is 3. The molecular weight excluding hydrogens is 334 g/mol. The Labute approximate surface area is 167 Å². The van der Waals surface area contributed by atoms with Crippen LogP contribution in [0.4, 0.5) is 0 Å². The number of aliphatic hydroxyl groups excluding tert-OH is 1. The Morgan fingerprint density at radius 3 is 1.89 bits per heavy atom. The second-order valence-electron chi connectivity index (χ2n) is 7.16. The molecule has 2 atom stereocenters. The van der Waals surface area contributed by atoms with Crippen molar-refractivity contribution < 1.29 is 9.90 Å². The average molecular weight is 376 g/mol. The van der Waals surface area contributed by atoms with Crippen LogP contribution >= 0.6 is 0 Å². The quantitative estimate of drug-likeness (QED) is 0.262. The zero-order valence-corrected chi connectivity index (χ0v) is 17.7. The number of amides is 1. The third-order valence-corrected chi connectivity index (χ3v) is 4.33. The Balaban J connectivity index is 3.65. The zero-order chi connectivity index (χ0) is 20.2. The smallest absolute Gasteiger partial charge is 0.223 e. The highest BCUT2D eigenvalue weighted by Gasteiger charge is 2.13. The molecule has 154 valence electrons. The predicted molar refractivity (Wildman–Crippen MR) is 118 cm³/mol. The van der Waals surface area contributed by atoms with E-state index >= 15 is 0 Å². The summed E-state index contributed by atoms with van der Waals surface area (Å²) in [6.07, 6.45) is 27.5. The minimum Gasteiger partial charge on any atom is -0.394 e. The zero-order valence-electron chi connectivity index (χ0n) is 17.7. The number of aliphatic hydroxyl groups is 1. The van der Waals surface area contributed by atoms with Crippen LogP contribution in [0.1, 0.15) is 78.6 Å². The van der Waals surface area contributed by atoms with Crippen LogP contribution in [0.15, 0.2) is 48.6 Å². The van der Waals surface area contributed by atoms with E-state index in [2.05, 4.69) is 60.8 Å². The molecule has 2 N–H and O–H groups in total. The van der Waals surface area contributed by atoms with E-state index in [-0.39, 0.29) is 24.5 Å². The van der Waals surface area contributed by atoms with Crippen molar-refractivity contribution in [3.8, 4) is 0 Å². The lowest BCUT2D eigenvalue weighted by Crippen LogP contribution is -2.38. The van der Waals surface area contributed by atoms with Crippen molar-refractivity contribution >= 4 is 5.91 Å². The van der Waals surface area contributed by atoms with E-state index in [1.54, 1.807) is 6.92 Å². The van der Waals surface area contributed by atoms with E-state index in [1.807, 2.05) is 6.92 Å². The minimum absolute atomic E-state index is 0.0182. The fourth-order valence-corrected chi connectivity index (χ4v) is 2.47. The number of nitrogens with one attached hydrogen (secondary N) is 1. The molecule has 0 saturated heterocycles. The van der Waals surface area contributed by atoms with Gasteiger partial charge in [0.2, 0.25) is 5.91 Å². The number of hydrogen-bond donors (Lipinski definition) is 2. The van der Waals surface area contributed by atoms with Gasteiger partial charge in [-0.25, -0.2) is 0 Å². The molecule has 0 heterocycles. The number of allylic oxidation sites excluding steroid dienone is 8. The molecule has 0 bridgehead atoms. The van der Waals surface area contributed by atoms with E-state index in [4.69, 9.17) is 5.11 Å². The summed E-state index contributed by atoms with van der Waals surface area (Å²) in [5, 5.41) is 11.7. The molecule has 27 heavy (non-hydrogen) atoms. The summed E-state index contributed by atoms with van der Waals surface area (Å²) < 4.78 is 0. The highest BCUT2D eigenvalue weighted by atomic mass is 16.3. The molecule has 1 amide bonds. The normalized spacial score (nSPS) is 14.7. The minimum atomic E-state index is -0.170. The number of hydrogen-bond acceptors (Lipinski definition) is 2. The number of rotatable bonds is 16. The maximum Gasteiger partial charge on any atom is 0.223 e. The molecule has 0 unspecified atom stereocenters. The number of carbonyl (C=O) groups is 1. The maximum absolute atomic E-state index is 11.8. The predicted octanol–water partition coefficient (Wildman–Crippen LogP) is 5.88. The Morgan fingerprint density at radius 1 is 0.852 bits per heavy atom. The average Bonchev–Trinajstić information content (AvgIpc) is 2.67. The Morgan fingerprint density at radius 2 is 1.37 bits per heavy atom. The van der Waals surface area contributed by atoms with Crippen molar-refractivity contribution in [2.45, 2.75) is 84.6 Å². The van der Waals surface area contributed by atoms with Crippen molar-refractivity contribution in [2.75, 3.05) is 6.61 Å². The van der Waals surface area contributed by atoms with Crippen molar-refractivity contribution in [3.05, 3.63) is 48.6 Å². The molecule has 0 aliphatic heterocycles. The van der Waals surface area contributed by atoms with Gasteiger partial charge in [-0.3, -0.25) is 4.79 Å². The van der Waals surface area contributed by atoms with Crippen LogP contribution in [0.3, 0.4) is 0 Å². The lowest BCUT2D eigenvalue weighted by Gasteiger charge is -2.15. The Hall–Kier alpha value is -1.61. The van der Waals surface area contributed by atoms with Crippen LogP contribution in [-0.2, 0) is 4.79 Å². The molecule has 0 aliphatic rings. The van der Waals surface area contributed by atoms with Crippen LogP contribution in [0, 0.1) is 5.92 Å². The molecule has 0 aliphatic carbocycles. The van der Waals surface area contributed by atoms with E-state index in [1.165, 1.54) is 25.7 Å². The maximum atomic E-state index is 11.8. The Bertz CT molecular complexity index is 463. The van der Waals surface area contributed by atoms with Gasteiger partial charge in [0.05, 0.1) is 6.61 Å². The third-order valence-electron chi connectivity index (χ3n) is 4.33. The second kappa shape index (κ2) is 19.2. The SMILES string of the molecule is CCCCCC=CCC=CCC=CCC=CCC[C@@H](C)C(=O)N[C@@H](C)CO. The lowest BCUT2D eigenvalue weighted by atomic mass is 10.0. The summed E-state index contributed by atoms with van der Waals surface area (Å²) in [6.45, 7) is 5.95. The molecule has 0 aromatic heterocycles. The third kappa shape index (κ3) is 17.6. The van der Waals surface area contributed by atoms with Gasteiger partial charge in [0, 0.05) is 12.0 Å². The van der Waals surface area contributed by atoms with Gasteiger partial charge >= 0.3 is 0 Å². The molecule has 0 saturated carbocycles. The topological polar surface area (TPSA) is 49.3 Å². The molecule has 0 spiro atoms. The molecule has 0 radical (unpaired) electrons. The first-order valence-electron chi connectivity index (χ1n) is 10.6. The first-order valence-corrected chi connectivity index (χ1v) is 10.6. The summed E-state index contributed by atoms with van der Waals surface area (Å²) >= 11 is 0. The number of carbonyl (C=O) groups excluding carboxylic acids is 1. The van der Waals surface area contributed by atoms with Gasteiger partial charge < -0.3 is 10.4 Å². The van der Waals surface area contributed by atoms with Crippen LogP contribution in [0.5, 0.6) is 0 Å². The van der Waals surface area contributed by atoms with Crippen LogP contribution in [0.2, 0.25) is 0 Å². The highest BCUT2D eigenvalue weighted by Crippen LogP contribution is 2.07. The van der Waals surface area contributed by atoms with Crippen molar-refractivity contribution in [3.63, 3.8) is 0 Å². The van der Waals surface area contributed by atoms with Crippen LogP contribution < -0.4 is 5.32 Å². The van der Waals surface area contributed by atoms with Crippen molar-refractivity contribution in [1.82, 2.24) is 5.32 Å². The van der Waals surface area contributed by atoms with Crippen molar-refractivity contribution in [2.24, 2.45) is 5.92 Å². The van der Waals surface area contributed by atoms with Crippen molar-refractivity contribution in [1.29, 1.82) is 0 Å². The van der Waals surface area contributed by atoms with Gasteiger partial charge in [-0.1, -0.05) is 75.3 Å². The lowest BCUT2D eigenvalue weighted by molar-refractivity contribution is -0.125. The van der Waals surface area contributed by atoms with E-state index < -0.39 is 0 Å². The van der Waals surface area contributed by atoms with Gasteiger partial charge in [0.1, 0.15) is 0 Å². The summed E-state index contributed by atoms with van der Waals surface area (Å²) in [5.41, 5.74) is 0. The summed E-state index contributed by atoms with van der Waals surface area (Å²) in [7, 11) is 0. The summed E-state index contributed by atoms with van der Waals surface area (Å²) in [4.78, 5) is 11.8. The molecule has 0 aromatic carbocycles. The van der Waals surface area contributed by atoms with Crippen LogP contribution in [-0.4, -0.2) is 23.7 Å². The van der Waals surface area contributed by atoms with Gasteiger partial charge in [-0.05, 0) is 51.9 Å². The molecule has 0 rings (SSSR count). The van der Waals surface area contributed by atoms with Gasteiger partial charge in [0.25, 0.3) is 0 Å². The van der Waals surface area contributed by atoms with E-state index in [0.717, 1.165) is 32.1 Å². The van der Waals surface area contributed by atoms with Gasteiger partial charge in [-0.2, -0.15) is 0 Å².